The maximum atomic E-state index is 12.4. The van der Waals surface area contributed by atoms with E-state index in [1.165, 1.54) is 0 Å². The third-order valence-corrected chi connectivity index (χ3v) is 5.68. The van der Waals surface area contributed by atoms with Gasteiger partial charge in [-0.05, 0) is 35.7 Å². The first-order chi connectivity index (χ1) is 13.7. The molecule has 0 N–H and O–H groups in total. The molecule has 0 radical (unpaired) electrons. The lowest BCUT2D eigenvalue weighted by molar-refractivity contribution is -0.132. The fourth-order valence-corrected chi connectivity index (χ4v) is 3.89. The van der Waals surface area contributed by atoms with Crippen molar-refractivity contribution in [1.29, 1.82) is 0 Å². The van der Waals surface area contributed by atoms with Gasteiger partial charge in [0.1, 0.15) is 5.75 Å². The lowest BCUT2D eigenvalue weighted by atomic mass is 10.2. The number of rotatable bonds is 6. The molecule has 1 saturated heterocycles. The standard InChI is InChI=1S/C20H22N4O3S/c1-26-16-6-4-15(5-7-16)20-21-18(27-22-20)14-23-8-10-24(11-9-23)19(25)13-17-3-2-12-28-17/h2-7,12H,8-11,13-14H2,1H3. The van der Waals surface area contributed by atoms with Crippen molar-refractivity contribution in [2.24, 2.45) is 0 Å². The lowest BCUT2D eigenvalue weighted by Crippen LogP contribution is -2.48. The summed E-state index contributed by atoms with van der Waals surface area (Å²) in [7, 11) is 1.64. The smallest absolute Gasteiger partial charge is 0.241 e. The average molecular weight is 398 g/mol. The first kappa shape index (κ1) is 18.6. The second kappa shape index (κ2) is 8.53. The molecule has 0 aliphatic carbocycles. The Morgan fingerprint density at radius 2 is 1.96 bits per heavy atom. The number of carbonyl (C=O) groups is 1. The molecule has 3 aromatic rings. The highest BCUT2D eigenvalue weighted by molar-refractivity contribution is 7.10. The van der Waals surface area contributed by atoms with Crippen LogP contribution in [0.25, 0.3) is 11.4 Å². The minimum Gasteiger partial charge on any atom is -0.497 e. The van der Waals surface area contributed by atoms with Crippen LogP contribution in [0, 0.1) is 0 Å². The Morgan fingerprint density at radius 1 is 1.18 bits per heavy atom. The molecule has 1 aliphatic rings. The molecule has 28 heavy (non-hydrogen) atoms. The zero-order chi connectivity index (χ0) is 19.3. The van der Waals surface area contributed by atoms with Gasteiger partial charge in [-0.1, -0.05) is 11.2 Å². The molecule has 1 fully saturated rings. The van der Waals surface area contributed by atoms with Crippen molar-refractivity contribution >= 4 is 17.2 Å². The molecular formula is C20H22N4O3S. The Kier molecular flexibility index (Phi) is 5.68. The minimum atomic E-state index is 0.196. The molecule has 0 saturated carbocycles. The van der Waals surface area contributed by atoms with Gasteiger partial charge in [-0.2, -0.15) is 4.98 Å². The van der Waals surface area contributed by atoms with Crippen molar-refractivity contribution in [2.75, 3.05) is 33.3 Å². The lowest BCUT2D eigenvalue weighted by Gasteiger charge is -2.33. The normalized spacial score (nSPS) is 15.0. The number of hydrogen-bond acceptors (Lipinski definition) is 7. The number of aromatic nitrogens is 2. The van der Waals surface area contributed by atoms with Gasteiger partial charge in [0, 0.05) is 36.6 Å². The molecule has 3 heterocycles. The van der Waals surface area contributed by atoms with Crippen LogP contribution in [0.4, 0.5) is 0 Å². The summed E-state index contributed by atoms with van der Waals surface area (Å²) in [6.07, 6.45) is 0.493. The zero-order valence-electron chi connectivity index (χ0n) is 15.7. The number of ether oxygens (including phenoxy) is 1. The van der Waals surface area contributed by atoms with E-state index in [1.54, 1.807) is 18.4 Å². The monoisotopic (exact) mass is 398 g/mol. The highest BCUT2D eigenvalue weighted by atomic mass is 32.1. The number of piperazine rings is 1. The summed E-state index contributed by atoms with van der Waals surface area (Å²) < 4.78 is 10.6. The molecule has 4 rings (SSSR count). The van der Waals surface area contributed by atoms with E-state index in [1.807, 2.05) is 46.7 Å². The van der Waals surface area contributed by atoms with Crippen LogP contribution < -0.4 is 4.74 Å². The number of nitrogens with zero attached hydrogens (tertiary/aromatic N) is 4. The number of benzene rings is 1. The summed E-state index contributed by atoms with van der Waals surface area (Å²) in [6.45, 7) is 3.65. The van der Waals surface area contributed by atoms with Gasteiger partial charge in [-0.15, -0.1) is 11.3 Å². The zero-order valence-corrected chi connectivity index (χ0v) is 16.5. The number of carbonyl (C=O) groups excluding carboxylic acids is 1. The van der Waals surface area contributed by atoms with Crippen LogP contribution in [-0.2, 0) is 17.8 Å². The van der Waals surface area contributed by atoms with Gasteiger partial charge in [0.05, 0.1) is 20.1 Å². The number of thiophene rings is 1. The van der Waals surface area contributed by atoms with Crippen molar-refractivity contribution < 1.29 is 14.1 Å². The van der Waals surface area contributed by atoms with Crippen LogP contribution in [-0.4, -0.2) is 59.1 Å². The molecule has 0 unspecified atom stereocenters. The predicted octanol–water partition coefficient (Wildman–Crippen LogP) is 2.69. The second-order valence-electron chi connectivity index (χ2n) is 6.65. The fourth-order valence-electron chi connectivity index (χ4n) is 3.20. The van der Waals surface area contributed by atoms with Crippen LogP contribution in [0.1, 0.15) is 10.8 Å². The summed E-state index contributed by atoms with van der Waals surface area (Å²) in [5.41, 5.74) is 0.889. The van der Waals surface area contributed by atoms with Crippen LogP contribution >= 0.6 is 11.3 Å². The van der Waals surface area contributed by atoms with Crippen molar-refractivity contribution in [3.63, 3.8) is 0 Å². The maximum Gasteiger partial charge on any atom is 0.241 e. The van der Waals surface area contributed by atoms with Gasteiger partial charge >= 0.3 is 0 Å². The van der Waals surface area contributed by atoms with Gasteiger partial charge in [-0.3, -0.25) is 9.69 Å². The third-order valence-electron chi connectivity index (χ3n) is 4.81. The quantitative estimate of drug-likeness (QED) is 0.636. The summed E-state index contributed by atoms with van der Waals surface area (Å²) in [4.78, 5) is 22.2. The van der Waals surface area contributed by atoms with Gasteiger partial charge in [0.15, 0.2) is 0 Å². The summed E-state index contributed by atoms with van der Waals surface area (Å²) in [5.74, 6) is 2.15. The van der Waals surface area contributed by atoms with Crippen molar-refractivity contribution in [2.45, 2.75) is 13.0 Å². The molecule has 0 spiro atoms. The Bertz CT molecular complexity index is 900. The van der Waals surface area contributed by atoms with Gasteiger partial charge in [-0.25, -0.2) is 0 Å². The molecule has 0 bridgehead atoms. The third kappa shape index (κ3) is 4.40. The summed E-state index contributed by atoms with van der Waals surface area (Å²) >= 11 is 1.63. The van der Waals surface area contributed by atoms with Crippen LogP contribution in [0.3, 0.4) is 0 Å². The van der Waals surface area contributed by atoms with E-state index in [-0.39, 0.29) is 5.91 Å². The van der Waals surface area contributed by atoms with Crippen LogP contribution in [0.2, 0.25) is 0 Å². The van der Waals surface area contributed by atoms with Crippen LogP contribution in [0.5, 0.6) is 5.75 Å². The van der Waals surface area contributed by atoms with E-state index in [0.717, 1.165) is 42.4 Å². The van der Waals surface area contributed by atoms with E-state index in [4.69, 9.17) is 9.26 Å². The second-order valence-corrected chi connectivity index (χ2v) is 7.69. The van der Waals surface area contributed by atoms with Gasteiger partial charge in [0.2, 0.25) is 17.6 Å². The van der Waals surface area contributed by atoms with E-state index in [0.29, 0.717) is 24.7 Å². The fraction of sp³-hybridized carbons (Fsp3) is 0.350. The highest BCUT2D eigenvalue weighted by Crippen LogP contribution is 2.20. The van der Waals surface area contributed by atoms with Crippen molar-refractivity contribution in [3.8, 4) is 17.1 Å². The molecule has 0 atom stereocenters. The minimum absolute atomic E-state index is 0.196. The van der Waals surface area contributed by atoms with Gasteiger partial charge < -0.3 is 14.2 Å². The first-order valence-corrected chi connectivity index (χ1v) is 10.1. The number of amides is 1. The molecule has 1 amide bonds. The number of methoxy groups -OCH3 is 1. The Labute approximate surface area is 167 Å². The average Bonchev–Trinajstić information content (AvgIpc) is 3.41. The highest BCUT2D eigenvalue weighted by Gasteiger charge is 2.23. The van der Waals surface area contributed by atoms with E-state index in [2.05, 4.69) is 15.0 Å². The molecular weight excluding hydrogens is 376 g/mol. The SMILES string of the molecule is COc1ccc(-c2noc(CN3CCN(C(=O)Cc4cccs4)CC3)n2)cc1. The van der Waals surface area contributed by atoms with E-state index >= 15 is 0 Å². The maximum absolute atomic E-state index is 12.4. The molecule has 1 aliphatic heterocycles. The Morgan fingerprint density at radius 3 is 2.64 bits per heavy atom. The molecule has 2 aromatic heterocycles. The summed E-state index contributed by atoms with van der Waals surface area (Å²) in [5, 5.41) is 6.08. The molecule has 146 valence electrons. The van der Waals surface area contributed by atoms with E-state index in [9.17, 15) is 4.79 Å². The largest absolute Gasteiger partial charge is 0.497 e. The van der Waals surface area contributed by atoms with Gasteiger partial charge in [0.25, 0.3) is 0 Å². The molecule has 7 nitrogen and oxygen atoms in total. The Balaban J connectivity index is 1.29. The molecule has 1 aromatic carbocycles. The first-order valence-electron chi connectivity index (χ1n) is 9.21. The van der Waals surface area contributed by atoms with Crippen molar-refractivity contribution in [1.82, 2.24) is 19.9 Å². The topological polar surface area (TPSA) is 71.7 Å². The Hall–Kier alpha value is -2.71. The number of hydrogen-bond donors (Lipinski definition) is 0. The predicted molar refractivity (Wildman–Crippen MR) is 106 cm³/mol. The molecule has 8 heteroatoms. The van der Waals surface area contributed by atoms with E-state index < -0.39 is 0 Å². The van der Waals surface area contributed by atoms with Crippen molar-refractivity contribution in [3.05, 3.63) is 52.5 Å². The summed E-state index contributed by atoms with van der Waals surface area (Å²) in [6, 6.07) is 11.6. The van der Waals surface area contributed by atoms with Crippen LogP contribution in [0.15, 0.2) is 46.3 Å².